The zero-order chi connectivity index (χ0) is 26.8. The number of nitrogens with one attached hydrogen (secondary N) is 1. The molecule has 0 spiro atoms. The van der Waals surface area contributed by atoms with E-state index in [1.807, 2.05) is 0 Å². The van der Waals surface area contributed by atoms with E-state index in [-0.39, 0.29) is 36.8 Å². The lowest BCUT2D eigenvalue weighted by atomic mass is 10.0. The van der Waals surface area contributed by atoms with Crippen LogP contribution in [-0.4, -0.2) is 56.1 Å². The normalized spacial score (nSPS) is 22.8. The van der Waals surface area contributed by atoms with Crippen LogP contribution in [0.25, 0.3) is 16.8 Å². The van der Waals surface area contributed by atoms with E-state index < -0.39 is 17.7 Å². The van der Waals surface area contributed by atoms with Crippen LogP contribution in [0.1, 0.15) is 53.2 Å². The molecule has 0 unspecified atom stereocenters. The maximum absolute atomic E-state index is 14.0. The molecule has 3 aromatic heterocycles. The number of fused-ring (bicyclic) bond motifs is 1. The van der Waals surface area contributed by atoms with E-state index in [0.29, 0.717) is 46.8 Å². The number of hydrogen-bond donors (Lipinski definition) is 1. The molecule has 200 valence electrons. The highest BCUT2D eigenvalue weighted by molar-refractivity contribution is 5.85. The third-order valence-electron chi connectivity index (χ3n) is 7.53. The van der Waals surface area contributed by atoms with Gasteiger partial charge in [0.05, 0.1) is 41.4 Å². The molecular weight excluding hydrogens is 507 g/mol. The molecule has 2 aliphatic carbocycles. The molecule has 0 radical (unpaired) electrons. The second kappa shape index (κ2) is 8.82. The number of rotatable bonds is 5. The van der Waals surface area contributed by atoms with Crippen molar-refractivity contribution in [2.24, 2.45) is 0 Å². The van der Waals surface area contributed by atoms with Gasteiger partial charge in [-0.1, -0.05) is 17.3 Å². The maximum Gasteiger partial charge on any atom is 0.419 e. The Kier molecular flexibility index (Phi) is 5.78. The zero-order valence-electron chi connectivity index (χ0n) is 20.7. The Labute approximate surface area is 215 Å². The van der Waals surface area contributed by atoms with E-state index >= 15 is 0 Å². The first-order valence-corrected chi connectivity index (χ1v) is 12.5. The number of allylic oxidation sites excluding steroid dienone is 1. The molecular formula is C26H25F5N6O. The average Bonchev–Trinajstić information content (AvgIpc) is 3.55. The van der Waals surface area contributed by atoms with Crippen LogP contribution in [0.3, 0.4) is 0 Å². The average molecular weight is 533 g/mol. The Morgan fingerprint density at radius 3 is 2.58 bits per heavy atom. The van der Waals surface area contributed by atoms with Crippen LogP contribution in [0.5, 0.6) is 0 Å². The summed E-state index contributed by atoms with van der Waals surface area (Å²) >= 11 is 0. The highest BCUT2D eigenvalue weighted by Gasteiger charge is 2.49. The summed E-state index contributed by atoms with van der Waals surface area (Å²) in [6.45, 7) is 2.97. The summed E-state index contributed by atoms with van der Waals surface area (Å²) < 4.78 is 74.1. The summed E-state index contributed by atoms with van der Waals surface area (Å²) in [6.07, 6.45) is 0.425. The Bertz CT molecular complexity index is 1400. The van der Waals surface area contributed by atoms with Crippen molar-refractivity contribution in [3.05, 3.63) is 58.4 Å². The monoisotopic (exact) mass is 532 g/mol. The highest BCUT2D eigenvalue weighted by Crippen LogP contribution is 2.41. The van der Waals surface area contributed by atoms with Gasteiger partial charge < -0.3 is 9.84 Å². The molecule has 1 saturated heterocycles. The van der Waals surface area contributed by atoms with Gasteiger partial charge in [0.15, 0.2) is 0 Å². The number of pyridine rings is 1. The summed E-state index contributed by atoms with van der Waals surface area (Å²) in [5.41, 5.74) is 2.44. The predicted octanol–water partition coefficient (Wildman–Crippen LogP) is 5.43. The Morgan fingerprint density at radius 1 is 1.11 bits per heavy atom. The fraction of sp³-hybridized carbons (Fsp3) is 0.462. The predicted molar refractivity (Wildman–Crippen MR) is 129 cm³/mol. The SMILES string of the molecule is Cc1noc(C)c1-c1ccc2c(n1)CC=C2c1nc(N[C@H]2CCC[C@H]2N2CC(F)(F)C2)ncc1C(F)(F)F. The molecule has 1 saturated carbocycles. The van der Waals surface area contributed by atoms with E-state index in [1.54, 1.807) is 37.0 Å². The van der Waals surface area contributed by atoms with Crippen molar-refractivity contribution in [3.63, 3.8) is 0 Å². The summed E-state index contributed by atoms with van der Waals surface area (Å²) in [6, 6.07) is 3.13. The lowest BCUT2D eigenvalue weighted by Crippen LogP contribution is -2.62. The van der Waals surface area contributed by atoms with E-state index in [9.17, 15) is 22.0 Å². The first-order chi connectivity index (χ1) is 18.0. The molecule has 3 aliphatic rings. The van der Waals surface area contributed by atoms with Crippen LogP contribution in [0.4, 0.5) is 27.9 Å². The molecule has 0 bridgehead atoms. The molecule has 7 nitrogen and oxygen atoms in total. The number of aryl methyl sites for hydroxylation is 2. The smallest absolute Gasteiger partial charge is 0.361 e. The zero-order valence-corrected chi connectivity index (χ0v) is 20.7. The van der Waals surface area contributed by atoms with Crippen molar-refractivity contribution in [3.8, 4) is 11.3 Å². The Hall–Kier alpha value is -3.41. The van der Waals surface area contributed by atoms with Gasteiger partial charge in [-0.2, -0.15) is 13.2 Å². The largest absolute Gasteiger partial charge is 0.419 e. The van der Waals surface area contributed by atoms with Crippen LogP contribution >= 0.6 is 0 Å². The van der Waals surface area contributed by atoms with Gasteiger partial charge in [0.1, 0.15) is 11.3 Å². The lowest BCUT2D eigenvalue weighted by Gasteiger charge is -2.44. The fourth-order valence-corrected chi connectivity index (χ4v) is 5.78. The van der Waals surface area contributed by atoms with Gasteiger partial charge in [-0.25, -0.2) is 18.7 Å². The first-order valence-electron chi connectivity index (χ1n) is 12.5. The molecule has 6 rings (SSSR count). The van der Waals surface area contributed by atoms with Crippen molar-refractivity contribution >= 4 is 11.5 Å². The van der Waals surface area contributed by atoms with E-state index in [4.69, 9.17) is 4.52 Å². The molecule has 2 atom stereocenters. The highest BCUT2D eigenvalue weighted by atomic mass is 19.4. The third-order valence-corrected chi connectivity index (χ3v) is 7.53. The molecule has 1 N–H and O–H groups in total. The number of aromatic nitrogens is 4. The first kappa shape index (κ1) is 24.9. The van der Waals surface area contributed by atoms with Crippen LogP contribution in [0.2, 0.25) is 0 Å². The molecule has 3 aromatic rings. The summed E-state index contributed by atoms with van der Waals surface area (Å²) in [5, 5.41) is 7.09. The van der Waals surface area contributed by atoms with Gasteiger partial charge in [-0.3, -0.25) is 9.88 Å². The van der Waals surface area contributed by atoms with Crippen LogP contribution in [0.15, 0.2) is 28.9 Å². The van der Waals surface area contributed by atoms with Gasteiger partial charge in [0.25, 0.3) is 5.92 Å². The summed E-state index contributed by atoms with van der Waals surface area (Å²) in [4.78, 5) is 14.7. The summed E-state index contributed by atoms with van der Waals surface area (Å²) in [7, 11) is 0. The van der Waals surface area contributed by atoms with Crippen molar-refractivity contribution in [2.75, 3.05) is 18.4 Å². The number of anilines is 1. The fourth-order valence-electron chi connectivity index (χ4n) is 5.78. The van der Waals surface area contributed by atoms with E-state index in [1.165, 1.54) is 0 Å². The van der Waals surface area contributed by atoms with Crippen LogP contribution in [-0.2, 0) is 12.6 Å². The van der Waals surface area contributed by atoms with Crippen molar-refractivity contribution in [2.45, 2.75) is 63.7 Å². The van der Waals surface area contributed by atoms with Crippen LogP contribution < -0.4 is 5.32 Å². The number of halogens is 5. The molecule has 1 aliphatic heterocycles. The number of alkyl halides is 5. The quantitative estimate of drug-likeness (QED) is 0.439. The topological polar surface area (TPSA) is 80.0 Å². The van der Waals surface area contributed by atoms with Crippen LogP contribution in [0, 0.1) is 13.8 Å². The minimum Gasteiger partial charge on any atom is -0.361 e. The number of likely N-dealkylation sites (tertiary alicyclic amines) is 1. The van der Waals surface area contributed by atoms with Crippen molar-refractivity contribution in [1.29, 1.82) is 0 Å². The third kappa shape index (κ3) is 4.34. The molecule has 0 amide bonds. The molecule has 38 heavy (non-hydrogen) atoms. The number of nitrogens with zero attached hydrogens (tertiary/aromatic N) is 5. The maximum atomic E-state index is 14.0. The minimum absolute atomic E-state index is 0.0480. The molecule has 12 heteroatoms. The van der Waals surface area contributed by atoms with Gasteiger partial charge in [0, 0.05) is 35.8 Å². The van der Waals surface area contributed by atoms with Gasteiger partial charge in [0.2, 0.25) is 5.95 Å². The molecule has 0 aromatic carbocycles. The van der Waals surface area contributed by atoms with Gasteiger partial charge in [-0.15, -0.1) is 0 Å². The van der Waals surface area contributed by atoms with E-state index in [0.717, 1.165) is 24.6 Å². The Morgan fingerprint density at radius 2 is 1.89 bits per heavy atom. The minimum atomic E-state index is -4.67. The number of hydrogen-bond acceptors (Lipinski definition) is 7. The standard InChI is InChI=1S/C26H25F5N6O/c1-13-22(14(2)38-36-13)20-9-6-15-16(7-8-18(15)33-20)23-17(26(29,30)31)10-32-24(35-23)34-19-4-3-5-21(19)37-11-25(27,28)12-37/h6-7,9-10,19,21H,3-5,8,11-12H2,1-2H3,(H,32,34,35)/t19-,21+/m0/s1. The lowest BCUT2D eigenvalue weighted by molar-refractivity contribution is -0.145. The summed E-state index contributed by atoms with van der Waals surface area (Å²) in [5.74, 6) is -2.03. The van der Waals surface area contributed by atoms with Gasteiger partial charge in [-0.05, 0) is 39.2 Å². The Balaban J connectivity index is 1.31. The molecule has 4 heterocycles. The van der Waals surface area contributed by atoms with E-state index in [2.05, 4.69) is 25.4 Å². The van der Waals surface area contributed by atoms with Crippen molar-refractivity contribution in [1.82, 2.24) is 25.0 Å². The molecule has 2 fully saturated rings. The second-order valence-electron chi connectivity index (χ2n) is 10.2. The van der Waals surface area contributed by atoms with Crippen molar-refractivity contribution < 1.29 is 26.5 Å². The van der Waals surface area contributed by atoms with Gasteiger partial charge >= 0.3 is 6.18 Å². The second-order valence-corrected chi connectivity index (χ2v) is 10.2.